The van der Waals surface area contributed by atoms with E-state index >= 15 is 0 Å². The number of carbonyl (C=O) groups excluding carboxylic acids is 2. The predicted octanol–water partition coefficient (Wildman–Crippen LogP) is 5.16. The van der Waals surface area contributed by atoms with Crippen molar-refractivity contribution in [3.05, 3.63) is 94.5 Å². The average Bonchev–Trinajstić information content (AvgIpc) is 2.74. The first-order valence-electron chi connectivity index (χ1n) is 9.57. The normalized spacial score (nSPS) is 11.4. The maximum Gasteiger partial charge on any atom is 0.262 e. The number of aryl methyl sites for hydroxylation is 1. The van der Waals surface area contributed by atoms with Crippen LogP contribution in [-0.4, -0.2) is 18.4 Å². The minimum Gasteiger partial charge on any atom is -0.483 e. The Morgan fingerprint density at radius 2 is 1.70 bits per heavy atom. The Bertz CT molecular complexity index is 1040. The molecule has 0 aliphatic carbocycles. The van der Waals surface area contributed by atoms with Gasteiger partial charge in [0.05, 0.1) is 17.3 Å². The van der Waals surface area contributed by atoms with Crippen LogP contribution < -0.4 is 15.4 Å². The highest BCUT2D eigenvalue weighted by Gasteiger charge is 2.16. The quantitative estimate of drug-likeness (QED) is 0.552. The van der Waals surface area contributed by atoms with Gasteiger partial charge in [0, 0.05) is 5.02 Å². The lowest BCUT2D eigenvalue weighted by molar-refractivity contribution is -0.118. The second-order valence-electron chi connectivity index (χ2n) is 6.90. The molecule has 30 heavy (non-hydrogen) atoms. The first-order chi connectivity index (χ1) is 14.4. The van der Waals surface area contributed by atoms with E-state index in [1.54, 1.807) is 42.5 Å². The molecule has 0 saturated carbocycles. The number of hydrogen-bond acceptors (Lipinski definition) is 3. The number of benzene rings is 3. The zero-order valence-corrected chi connectivity index (χ0v) is 17.6. The van der Waals surface area contributed by atoms with Gasteiger partial charge < -0.3 is 15.4 Å². The molecule has 0 fully saturated rings. The van der Waals surface area contributed by atoms with Crippen LogP contribution >= 0.6 is 11.6 Å². The van der Waals surface area contributed by atoms with Crippen LogP contribution in [-0.2, 0) is 4.79 Å². The van der Waals surface area contributed by atoms with Crippen molar-refractivity contribution in [2.45, 2.75) is 19.9 Å². The summed E-state index contributed by atoms with van der Waals surface area (Å²) >= 11 is 5.94. The number of halogens is 1. The fourth-order valence-electron chi connectivity index (χ4n) is 2.99. The largest absolute Gasteiger partial charge is 0.483 e. The van der Waals surface area contributed by atoms with Crippen LogP contribution in [0.5, 0.6) is 5.75 Å². The van der Waals surface area contributed by atoms with Crippen LogP contribution in [0.1, 0.15) is 34.5 Å². The summed E-state index contributed by atoms with van der Waals surface area (Å²) in [5, 5.41) is 6.32. The van der Waals surface area contributed by atoms with Gasteiger partial charge in [-0.05, 0) is 55.3 Å². The Labute approximate surface area is 181 Å². The van der Waals surface area contributed by atoms with Gasteiger partial charge in [0.2, 0.25) is 0 Å². The summed E-state index contributed by atoms with van der Waals surface area (Å²) in [6.45, 7) is 3.59. The zero-order valence-electron chi connectivity index (χ0n) is 16.8. The highest BCUT2D eigenvalue weighted by Crippen LogP contribution is 2.22. The lowest BCUT2D eigenvalue weighted by Gasteiger charge is -2.16. The topological polar surface area (TPSA) is 67.4 Å². The second kappa shape index (κ2) is 9.94. The lowest BCUT2D eigenvalue weighted by Crippen LogP contribution is -2.28. The summed E-state index contributed by atoms with van der Waals surface area (Å²) in [6, 6.07) is 21.6. The number of hydrogen-bond donors (Lipinski definition) is 2. The van der Waals surface area contributed by atoms with E-state index in [1.807, 2.05) is 44.2 Å². The summed E-state index contributed by atoms with van der Waals surface area (Å²) in [6.07, 6.45) is 0. The molecule has 2 amide bonds. The summed E-state index contributed by atoms with van der Waals surface area (Å²) in [7, 11) is 0. The van der Waals surface area contributed by atoms with Crippen LogP contribution in [0.3, 0.4) is 0 Å². The van der Waals surface area contributed by atoms with Gasteiger partial charge in [-0.2, -0.15) is 0 Å². The third kappa shape index (κ3) is 5.61. The monoisotopic (exact) mass is 422 g/mol. The SMILES string of the molecule is Cc1cc(Cl)ccc1OCC(=O)Nc1ccccc1C(=O)N[C@@H](C)c1ccccc1. The minimum atomic E-state index is -0.360. The standard InChI is InChI=1S/C24H23ClN2O3/c1-16-14-19(25)12-13-22(16)30-15-23(28)27-21-11-7-6-10-20(21)24(29)26-17(2)18-8-4-3-5-9-18/h3-14,17H,15H2,1-2H3,(H,26,29)(H,27,28)/t17-/m0/s1. The number of anilines is 1. The summed E-state index contributed by atoms with van der Waals surface area (Å²) in [5.74, 6) is -0.0466. The lowest BCUT2D eigenvalue weighted by atomic mass is 10.1. The van der Waals surface area contributed by atoms with Crippen molar-refractivity contribution in [1.29, 1.82) is 0 Å². The van der Waals surface area contributed by atoms with Crippen molar-refractivity contribution >= 4 is 29.1 Å². The van der Waals surface area contributed by atoms with Crippen molar-refractivity contribution in [2.75, 3.05) is 11.9 Å². The molecule has 0 radical (unpaired) electrons. The van der Waals surface area contributed by atoms with Gasteiger partial charge in [0.15, 0.2) is 6.61 Å². The van der Waals surface area contributed by atoms with E-state index in [0.29, 0.717) is 22.0 Å². The molecule has 3 aromatic carbocycles. The fourth-order valence-corrected chi connectivity index (χ4v) is 3.22. The van der Waals surface area contributed by atoms with E-state index in [2.05, 4.69) is 10.6 Å². The summed E-state index contributed by atoms with van der Waals surface area (Å²) in [4.78, 5) is 25.2. The van der Waals surface area contributed by atoms with Crippen molar-refractivity contribution < 1.29 is 14.3 Å². The maximum atomic E-state index is 12.8. The van der Waals surface area contributed by atoms with Gasteiger partial charge in [-0.1, -0.05) is 54.1 Å². The Hall–Kier alpha value is -3.31. The third-order valence-corrected chi connectivity index (χ3v) is 4.82. The van der Waals surface area contributed by atoms with Crippen LogP contribution in [0.4, 0.5) is 5.69 Å². The molecule has 0 aliphatic heterocycles. The number of carbonyl (C=O) groups is 2. The molecule has 154 valence electrons. The van der Waals surface area contributed by atoms with Gasteiger partial charge in [-0.15, -0.1) is 0 Å². The molecule has 0 aliphatic rings. The van der Waals surface area contributed by atoms with Gasteiger partial charge in [-0.25, -0.2) is 0 Å². The molecular weight excluding hydrogens is 400 g/mol. The van der Waals surface area contributed by atoms with Crippen LogP contribution in [0.25, 0.3) is 0 Å². The van der Waals surface area contributed by atoms with E-state index in [0.717, 1.165) is 11.1 Å². The molecule has 3 rings (SSSR count). The summed E-state index contributed by atoms with van der Waals surface area (Å²) in [5.41, 5.74) is 2.65. The Morgan fingerprint density at radius 3 is 2.43 bits per heavy atom. The van der Waals surface area contributed by atoms with E-state index < -0.39 is 0 Å². The molecule has 6 heteroatoms. The Balaban J connectivity index is 1.64. The number of amides is 2. The van der Waals surface area contributed by atoms with Gasteiger partial charge >= 0.3 is 0 Å². The van der Waals surface area contributed by atoms with E-state index in [4.69, 9.17) is 16.3 Å². The van der Waals surface area contributed by atoms with Crippen LogP contribution in [0.2, 0.25) is 5.02 Å². The van der Waals surface area contributed by atoms with Crippen LogP contribution in [0.15, 0.2) is 72.8 Å². The van der Waals surface area contributed by atoms with Gasteiger partial charge in [0.1, 0.15) is 5.75 Å². The molecule has 2 N–H and O–H groups in total. The molecule has 0 saturated heterocycles. The molecule has 0 spiro atoms. The first-order valence-corrected chi connectivity index (χ1v) is 9.95. The highest BCUT2D eigenvalue weighted by molar-refractivity contribution is 6.30. The second-order valence-corrected chi connectivity index (χ2v) is 7.33. The van der Waals surface area contributed by atoms with Crippen molar-refractivity contribution in [3.63, 3.8) is 0 Å². The average molecular weight is 423 g/mol. The third-order valence-electron chi connectivity index (χ3n) is 4.59. The van der Waals surface area contributed by atoms with Crippen molar-refractivity contribution in [2.24, 2.45) is 0 Å². The summed E-state index contributed by atoms with van der Waals surface area (Å²) < 4.78 is 5.58. The number of nitrogens with one attached hydrogen (secondary N) is 2. The smallest absolute Gasteiger partial charge is 0.262 e. The molecule has 0 bridgehead atoms. The van der Waals surface area contributed by atoms with Gasteiger partial charge in [0.25, 0.3) is 11.8 Å². The molecular formula is C24H23ClN2O3. The molecule has 3 aromatic rings. The van der Waals surface area contributed by atoms with Crippen molar-refractivity contribution in [3.8, 4) is 5.75 Å². The Kier molecular flexibility index (Phi) is 7.09. The highest BCUT2D eigenvalue weighted by atomic mass is 35.5. The molecule has 1 atom stereocenters. The van der Waals surface area contributed by atoms with Gasteiger partial charge in [-0.3, -0.25) is 9.59 Å². The van der Waals surface area contributed by atoms with Crippen molar-refractivity contribution in [1.82, 2.24) is 5.32 Å². The molecule has 0 aromatic heterocycles. The van der Waals surface area contributed by atoms with E-state index in [1.165, 1.54) is 0 Å². The van der Waals surface area contributed by atoms with Crippen LogP contribution in [0, 0.1) is 6.92 Å². The number of rotatable bonds is 7. The molecule has 0 unspecified atom stereocenters. The Morgan fingerprint density at radius 1 is 1.00 bits per heavy atom. The number of ether oxygens (including phenoxy) is 1. The van der Waals surface area contributed by atoms with E-state index in [-0.39, 0.29) is 24.5 Å². The molecule has 0 heterocycles. The first kappa shape index (κ1) is 21.4. The fraction of sp³-hybridized carbons (Fsp3) is 0.167. The zero-order chi connectivity index (χ0) is 21.5. The maximum absolute atomic E-state index is 12.8. The minimum absolute atomic E-state index is 0.168. The number of para-hydroxylation sites is 1. The predicted molar refractivity (Wildman–Crippen MR) is 119 cm³/mol. The molecule has 5 nitrogen and oxygen atoms in total. The van der Waals surface area contributed by atoms with E-state index in [9.17, 15) is 9.59 Å².